The number of benzene rings is 3. The van der Waals surface area contributed by atoms with Gasteiger partial charge in [-0.25, -0.2) is 4.99 Å². The molecule has 0 unspecified atom stereocenters. The zero-order valence-corrected chi connectivity index (χ0v) is 18.8. The molecule has 3 aromatic carbocycles. The van der Waals surface area contributed by atoms with Crippen LogP contribution in [0.2, 0.25) is 0 Å². The Morgan fingerprint density at radius 1 is 0.969 bits per heavy atom. The number of nitrogens with zero attached hydrogens (tertiary/aromatic N) is 1. The number of amidine groups is 1. The van der Waals surface area contributed by atoms with Crippen LogP contribution in [0.1, 0.15) is 23.6 Å². The molecule has 1 N–H and O–H groups in total. The number of thioether (sulfide) groups is 1. The minimum absolute atomic E-state index is 0.165. The van der Waals surface area contributed by atoms with Crippen LogP contribution in [0.4, 0.5) is 5.69 Å². The van der Waals surface area contributed by atoms with Gasteiger partial charge in [-0.1, -0.05) is 54.1 Å². The average molecular weight is 445 g/mol. The first-order valence-corrected chi connectivity index (χ1v) is 11.2. The highest BCUT2D eigenvalue weighted by Gasteiger charge is 2.24. The molecule has 0 aliphatic carbocycles. The van der Waals surface area contributed by atoms with Gasteiger partial charge in [0.15, 0.2) is 16.7 Å². The van der Waals surface area contributed by atoms with Gasteiger partial charge >= 0.3 is 0 Å². The van der Waals surface area contributed by atoms with E-state index < -0.39 is 0 Å². The zero-order valence-electron chi connectivity index (χ0n) is 18.0. The summed E-state index contributed by atoms with van der Waals surface area (Å²) >= 11 is 1.32. The predicted molar refractivity (Wildman–Crippen MR) is 130 cm³/mol. The number of hydrogen-bond donors (Lipinski definition) is 1. The van der Waals surface area contributed by atoms with Gasteiger partial charge < -0.3 is 14.8 Å². The summed E-state index contributed by atoms with van der Waals surface area (Å²) in [4.78, 5) is 17.5. The molecule has 162 valence electrons. The van der Waals surface area contributed by atoms with E-state index in [0.717, 1.165) is 16.8 Å². The van der Waals surface area contributed by atoms with Crippen molar-refractivity contribution in [3.8, 4) is 11.5 Å². The second-order valence-corrected chi connectivity index (χ2v) is 8.26. The molecular weight excluding hydrogens is 420 g/mol. The number of nitrogens with one attached hydrogen (secondary N) is 1. The van der Waals surface area contributed by atoms with Crippen LogP contribution in [0.5, 0.6) is 11.5 Å². The molecule has 0 aromatic heterocycles. The first kappa shape index (κ1) is 21.7. The Bertz CT molecular complexity index is 1160. The monoisotopic (exact) mass is 444 g/mol. The normalized spacial score (nSPS) is 15.8. The fourth-order valence-electron chi connectivity index (χ4n) is 3.10. The van der Waals surface area contributed by atoms with Gasteiger partial charge in [0.05, 0.1) is 17.2 Å². The van der Waals surface area contributed by atoms with Crippen LogP contribution in [-0.2, 0) is 11.4 Å². The Balaban J connectivity index is 1.50. The Morgan fingerprint density at radius 3 is 2.50 bits per heavy atom. The van der Waals surface area contributed by atoms with Gasteiger partial charge in [0.1, 0.15) is 6.61 Å². The van der Waals surface area contributed by atoms with Gasteiger partial charge in [-0.05, 0) is 67.1 Å². The third-order valence-electron chi connectivity index (χ3n) is 4.72. The largest absolute Gasteiger partial charge is 0.490 e. The minimum atomic E-state index is -0.165. The van der Waals surface area contributed by atoms with Crippen LogP contribution in [0, 0.1) is 6.92 Å². The Labute approximate surface area is 192 Å². The lowest BCUT2D eigenvalue weighted by atomic mass is 10.1. The molecule has 1 saturated heterocycles. The molecule has 5 nitrogen and oxygen atoms in total. The van der Waals surface area contributed by atoms with Gasteiger partial charge in [-0.3, -0.25) is 4.79 Å². The molecule has 0 atom stereocenters. The summed E-state index contributed by atoms with van der Waals surface area (Å²) in [6.07, 6.45) is 1.83. The maximum absolute atomic E-state index is 12.4. The summed E-state index contributed by atoms with van der Waals surface area (Å²) < 4.78 is 11.8. The van der Waals surface area contributed by atoms with Crippen LogP contribution in [0.15, 0.2) is 82.7 Å². The molecular formula is C26H24N2O3S. The van der Waals surface area contributed by atoms with Crippen molar-refractivity contribution in [2.24, 2.45) is 4.99 Å². The van der Waals surface area contributed by atoms with E-state index in [1.54, 1.807) is 0 Å². The topological polar surface area (TPSA) is 59.9 Å². The van der Waals surface area contributed by atoms with Crippen molar-refractivity contribution in [3.63, 3.8) is 0 Å². The first-order chi connectivity index (χ1) is 15.6. The highest BCUT2D eigenvalue weighted by atomic mass is 32.2. The number of rotatable bonds is 7. The summed E-state index contributed by atoms with van der Waals surface area (Å²) in [6, 6.07) is 23.5. The molecule has 6 heteroatoms. The molecule has 0 bridgehead atoms. The average Bonchev–Trinajstić information content (AvgIpc) is 3.13. The van der Waals surface area contributed by atoms with Crippen LogP contribution >= 0.6 is 11.8 Å². The third-order valence-corrected chi connectivity index (χ3v) is 5.63. The van der Waals surface area contributed by atoms with Crippen molar-refractivity contribution in [1.29, 1.82) is 0 Å². The van der Waals surface area contributed by atoms with Gasteiger partial charge in [-0.2, -0.15) is 0 Å². The fraction of sp³-hybridized carbons (Fsp3) is 0.154. The second kappa shape index (κ2) is 10.2. The van der Waals surface area contributed by atoms with E-state index in [1.165, 1.54) is 17.3 Å². The van der Waals surface area contributed by atoms with Crippen molar-refractivity contribution >= 4 is 34.6 Å². The number of para-hydroxylation sites is 1. The van der Waals surface area contributed by atoms with Crippen molar-refractivity contribution in [3.05, 3.63) is 94.4 Å². The summed E-state index contributed by atoms with van der Waals surface area (Å²) in [5.74, 6) is 1.15. The number of amides is 1. The summed E-state index contributed by atoms with van der Waals surface area (Å²) in [5.41, 5.74) is 3.96. The molecule has 32 heavy (non-hydrogen) atoms. The van der Waals surface area contributed by atoms with Crippen molar-refractivity contribution in [1.82, 2.24) is 5.32 Å². The predicted octanol–water partition coefficient (Wildman–Crippen LogP) is 5.86. The van der Waals surface area contributed by atoms with Gasteiger partial charge in [0.2, 0.25) is 0 Å². The lowest BCUT2D eigenvalue weighted by Crippen LogP contribution is -2.19. The maximum Gasteiger partial charge on any atom is 0.264 e. The summed E-state index contributed by atoms with van der Waals surface area (Å²) in [7, 11) is 0. The van der Waals surface area contributed by atoms with Gasteiger partial charge in [-0.15, -0.1) is 0 Å². The second-order valence-electron chi connectivity index (χ2n) is 7.23. The molecule has 0 spiro atoms. The van der Waals surface area contributed by atoms with E-state index in [1.807, 2.05) is 61.5 Å². The molecule has 0 radical (unpaired) electrons. The smallest absolute Gasteiger partial charge is 0.264 e. The van der Waals surface area contributed by atoms with Crippen molar-refractivity contribution < 1.29 is 14.3 Å². The Morgan fingerprint density at radius 2 is 1.75 bits per heavy atom. The number of ether oxygens (including phenoxy) is 2. The molecule has 0 saturated carbocycles. The Hall–Kier alpha value is -3.51. The van der Waals surface area contributed by atoms with Crippen LogP contribution in [0.25, 0.3) is 6.08 Å². The van der Waals surface area contributed by atoms with Gasteiger partial charge in [0.25, 0.3) is 5.91 Å². The van der Waals surface area contributed by atoms with E-state index in [-0.39, 0.29) is 5.91 Å². The number of carbonyl (C=O) groups excluding carboxylic acids is 1. The van der Waals surface area contributed by atoms with E-state index >= 15 is 0 Å². The van der Waals surface area contributed by atoms with Crippen molar-refractivity contribution in [2.45, 2.75) is 20.5 Å². The molecule has 1 fully saturated rings. The summed E-state index contributed by atoms with van der Waals surface area (Å²) in [5, 5.41) is 3.38. The molecule has 3 aromatic rings. The quantitative estimate of drug-likeness (QED) is 0.464. The van der Waals surface area contributed by atoms with Crippen LogP contribution < -0.4 is 14.8 Å². The van der Waals surface area contributed by atoms with Crippen LogP contribution in [0.3, 0.4) is 0 Å². The molecule has 1 aliphatic rings. The van der Waals surface area contributed by atoms with E-state index in [2.05, 4.69) is 41.5 Å². The van der Waals surface area contributed by atoms with Crippen molar-refractivity contribution in [2.75, 3.05) is 6.61 Å². The SMILES string of the molecule is CCOc1cc(/C=C2\SC(=Nc3ccccc3)NC2=O)ccc1OCc1ccc(C)cc1. The lowest BCUT2D eigenvalue weighted by molar-refractivity contribution is -0.115. The lowest BCUT2D eigenvalue weighted by Gasteiger charge is -2.13. The molecule has 1 aliphatic heterocycles. The van der Waals surface area contributed by atoms with Gasteiger partial charge in [0, 0.05) is 0 Å². The third kappa shape index (κ3) is 5.59. The van der Waals surface area contributed by atoms with E-state index in [4.69, 9.17) is 9.47 Å². The highest BCUT2D eigenvalue weighted by Crippen LogP contribution is 2.33. The number of carbonyl (C=O) groups is 1. The fourth-order valence-corrected chi connectivity index (χ4v) is 3.94. The first-order valence-electron chi connectivity index (χ1n) is 10.4. The van der Waals surface area contributed by atoms with E-state index in [0.29, 0.717) is 34.8 Å². The van der Waals surface area contributed by atoms with E-state index in [9.17, 15) is 4.79 Å². The number of aliphatic imine (C=N–C) groups is 1. The molecule has 4 rings (SSSR count). The minimum Gasteiger partial charge on any atom is -0.490 e. The Kier molecular flexibility index (Phi) is 6.92. The molecule has 1 amide bonds. The number of aryl methyl sites for hydroxylation is 1. The van der Waals surface area contributed by atoms with Crippen LogP contribution in [-0.4, -0.2) is 17.7 Å². The highest BCUT2D eigenvalue weighted by molar-refractivity contribution is 8.18. The number of hydrogen-bond acceptors (Lipinski definition) is 5. The maximum atomic E-state index is 12.4. The molecule has 1 heterocycles. The standard InChI is InChI=1S/C26H24N2O3S/c1-3-30-23-15-20(13-14-22(23)31-17-19-11-9-18(2)10-12-19)16-24-25(29)28-26(32-24)27-21-7-5-4-6-8-21/h4-16H,3,17H2,1-2H3,(H,27,28,29)/b24-16-. The zero-order chi connectivity index (χ0) is 22.3. The summed E-state index contributed by atoms with van der Waals surface area (Å²) in [6.45, 7) is 4.97.